The van der Waals surface area contributed by atoms with Crippen molar-refractivity contribution in [2.75, 3.05) is 13.1 Å². The maximum atomic E-state index is 12.2. The molecule has 2 unspecified atom stereocenters. The highest BCUT2D eigenvalue weighted by molar-refractivity contribution is 5.76. The van der Waals surface area contributed by atoms with Crippen LogP contribution in [-0.4, -0.2) is 45.9 Å². The number of aryl methyl sites for hydroxylation is 3. The molecule has 5 nitrogen and oxygen atoms in total. The molecule has 0 spiro atoms. The second-order valence-electron chi connectivity index (χ2n) is 5.46. The number of carbonyl (C=O) groups excluding carboxylic acids is 1. The number of morpholine rings is 1. The van der Waals surface area contributed by atoms with Crippen LogP contribution in [0.5, 0.6) is 0 Å². The molecule has 1 aromatic heterocycles. The summed E-state index contributed by atoms with van der Waals surface area (Å²) < 4.78 is 7.54. The van der Waals surface area contributed by atoms with E-state index in [1.54, 1.807) is 0 Å². The summed E-state index contributed by atoms with van der Waals surface area (Å²) in [5.74, 6) is 0.189. The molecule has 2 atom stereocenters. The van der Waals surface area contributed by atoms with Crippen molar-refractivity contribution in [2.24, 2.45) is 0 Å². The second kappa shape index (κ2) is 5.74. The first-order valence-electron chi connectivity index (χ1n) is 6.90. The third-order valence-electron chi connectivity index (χ3n) is 3.41. The van der Waals surface area contributed by atoms with E-state index >= 15 is 0 Å². The van der Waals surface area contributed by atoms with Gasteiger partial charge in [0, 0.05) is 31.7 Å². The Hall–Kier alpha value is -1.36. The third-order valence-corrected chi connectivity index (χ3v) is 3.41. The van der Waals surface area contributed by atoms with Gasteiger partial charge in [0.05, 0.1) is 17.9 Å². The largest absolute Gasteiger partial charge is 0.372 e. The van der Waals surface area contributed by atoms with E-state index in [0.29, 0.717) is 26.1 Å². The molecule has 1 aliphatic heterocycles. The fourth-order valence-corrected chi connectivity index (χ4v) is 2.64. The highest BCUT2D eigenvalue weighted by atomic mass is 16.5. The van der Waals surface area contributed by atoms with Crippen molar-refractivity contribution in [1.29, 1.82) is 0 Å². The fraction of sp³-hybridized carbons (Fsp3) is 0.714. The van der Waals surface area contributed by atoms with Crippen LogP contribution < -0.4 is 0 Å². The number of ether oxygens (including phenoxy) is 1. The minimum atomic E-state index is 0.126. The van der Waals surface area contributed by atoms with Crippen molar-refractivity contribution in [3.05, 3.63) is 17.5 Å². The van der Waals surface area contributed by atoms with Crippen LogP contribution >= 0.6 is 0 Å². The van der Waals surface area contributed by atoms with Gasteiger partial charge in [-0.25, -0.2) is 0 Å². The van der Waals surface area contributed by atoms with Gasteiger partial charge in [0.2, 0.25) is 5.91 Å². The molecule has 0 bridgehead atoms. The van der Waals surface area contributed by atoms with Crippen LogP contribution in [-0.2, 0) is 16.1 Å². The van der Waals surface area contributed by atoms with Gasteiger partial charge in [0.25, 0.3) is 0 Å². The van der Waals surface area contributed by atoms with Gasteiger partial charge in [-0.1, -0.05) is 0 Å². The van der Waals surface area contributed by atoms with E-state index < -0.39 is 0 Å². The molecule has 0 aliphatic carbocycles. The van der Waals surface area contributed by atoms with Crippen molar-refractivity contribution in [3.63, 3.8) is 0 Å². The molecule has 1 amide bonds. The van der Waals surface area contributed by atoms with Crippen molar-refractivity contribution < 1.29 is 9.53 Å². The topological polar surface area (TPSA) is 47.4 Å². The molecule has 2 rings (SSSR count). The molecule has 0 saturated carbocycles. The van der Waals surface area contributed by atoms with E-state index in [1.807, 2.05) is 43.3 Å². The van der Waals surface area contributed by atoms with E-state index in [0.717, 1.165) is 11.4 Å². The van der Waals surface area contributed by atoms with Crippen molar-refractivity contribution in [1.82, 2.24) is 14.7 Å². The Morgan fingerprint density at radius 3 is 2.53 bits per heavy atom. The maximum Gasteiger partial charge on any atom is 0.224 e. The van der Waals surface area contributed by atoms with Gasteiger partial charge in [-0.05, 0) is 33.8 Å². The second-order valence-corrected chi connectivity index (χ2v) is 5.46. The van der Waals surface area contributed by atoms with E-state index in [-0.39, 0.29) is 18.1 Å². The number of amides is 1. The minimum Gasteiger partial charge on any atom is -0.372 e. The van der Waals surface area contributed by atoms with Crippen LogP contribution in [0.1, 0.15) is 31.7 Å². The lowest BCUT2D eigenvalue weighted by molar-refractivity contribution is -0.143. The van der Waals surface area contributed by atoms with Crippen LogP contribution in [0.2, 0.25) is 0 Å². The highest BCUT2D eigenvalue weighted by Gasteiger charge is 2.25. The number of carbonyl (C=O) groups is 1. The molecule has 0 N–H and O–H groups in total. The summed E-state index contributed by atoms with van der Waals surface area (Å²) in [6.45, 7) is 10.0. The summed E-state index contributed by atoms with van der Waals surface area (Å²) in [5, 5.41) is 4.38. The Kier molecular flexibility index (Phi) is 4.24. The Labute approximate surface area is 114 Å². The van der Waals surface area contributed by atoms with Gasteiger partial charge >= 0.3 is 0 Å². The lowest BCUT2D eigenvalue weighted by atomic mass is 10.2. The smallest absolute Gasteiger partial charge is 0.224 e. The summed E-state index contributed by atoms with van der Waals surface area (Å²) in [6, 6.07) is 2.03. The quantitative estimate of drug-likeness (QED) is 0.832. The van der Waals surface area contributed by atoms with Crippen LogP contribution in [0.25, 0.3) is 0 Å². The molecular weight excluding hydrogens is 242 g/mol. The normalized spacial score (nSPS) is 23.7. The fourth-order valence-electron chi connectivity index (χ4n) is 2.64. The van der Waals surface area contributed by atoms with Crippen LogP contribution in [0.15, 0.2) is 6.07 Å². The van der Waals surface area contributed by atoms with Gasteiger partial charge in [0.15, 0.2) is 0 Å². The van der Waals surface area contributed by atoms with E-state index in [1.165, 1.54) is 0 Å². The first kappa shape index (κ1) is 14.1. The van der Waals surface area contributed by atoms with E-state index in [9.17, 15) is 4.79 Å². The van der Waals surface area contributed by atoms with Crippen LogP contribution in [0.3, 0.4) is 0 Å². The van der Waals surface area contributed by atoms with Gasteiger partial charge in [0.1, 0.15) is 0 Å². The lowest BCUT2D eigenvalue weighted by Gasteiger charge is -2.35. The number of hydrogen-bond acceptors (Lipinski definition) is 3. The van der Waals surface area contributed by atoms with Gasteiger partial charge < -0.3 is 9.64 Å². The predicted octanol–water partition coefficient (Wildman–Crippen LogP) is 1.53. The van der Waals surface area contributed by atoms with Crippen molar-refractivity contribution in [3.8, 4) is 0 Å². The monoisotopic (exact) mass is 265 g/mol. The Morgan fingerprint density at radius 2 is 2.00 bits per heavy atom. The zero-order valence-electron chi connectivity index (χ0n) is 12.2. The third kappa shape index (κ3) is 3.56. The Morgan fingerprint density at radius 1 is 1.37 bits per heavy atom. The van der Waals surface area contributed by atoms with Crippen molar-refractivity contribution >= 4 is 5.91 Å². The zero-order valence-corrected chi connectivity index (χ0v) is 12.2. The van der Waals surface area contributed by atoms with Crippen molar-refractivity contribution in [2.45, 2.75) is 52.9 Å². The molecule has 1 fully saturated rings. The lowest BCUT2D eigenvalue weighted by Crippen LogP contribution is -2.48. The van der Waals surface area contributed by atoms with Crippen LogP contribution in [0.4, 0.5) is 0 Å². The van der Waals surface area contributed by atoms with E-state index in [2.05, 4.69) is 5.10 Å². The molecule has 0 aromatic carbocycles. The maximum absolute atomic E-state index is 12.2. The zero-order chi connectivity index (χ0) is 14.0. The SMILES string of the molecule is Cc1cc(C)n(CCC(=O)N2CC(C)OC(C)C2)n1. The molecule has 5 heteroatoms. The van der Waals surface area contributed by atoms with Gasteiger partial charge in [-0.2, -0.15) is 5.10 Å². The average Bonchev–Trinajstić information content (AvgIpc) is 2.63. The first-order valence-corrected chi connectivity index (χ1v) is 6.90. The number of nitrogens with zero attached hydrogens (tertiary/aromatic N) is 3. The standard InChI is InChI=1S/C14H23N3O2/c1-10-7-11(2)17(15-10)6-5-14(18)16-8-12(3)19-13(4)9-16/h7,12-13H,5-6,8-9H2,1-4H3. The summed E-state index contributed by atoms with van der Waals surface area (Å²) >= 11 is 0. The molecule has 2 heterocycles. The highest BCUT2D eigenvalue weighted by Crippen LogP contribution is 2.12. The number of hydrogen-bond donors (Lipinski definition) is 0. The van der Waals surface area contributed by atoms with Crippen LogP contribution in [0, 0.1) is 13.8 Å². The Bertz CT molecular complexity index is 446. The summed E-state index contributed by atoms with van der Waals surface area (Å²) in [5.41, 5.74) is 2.10. The van der Waals surface area contributed by atoms with Gasteiger partial charge in [-0.15, -0.1) is 0 Å². The average molecular weight is 265 g/mol. The Balaban J connectivity index is 1.89. The molecular formula is C14H23N3O2. The summed E-state index contributed by atoms with van der Waals surface area (Å²) in [7, 11) is 0. The minimum absolute atomic E-state index is 0.126. The molecule has 1 saturated heterocycles. The number of aromatic nitrogens is 2. The molecule has 19 heavy (non-hydrogen) atoms. The van der Waals surface area contributed by atoms with E-state index in [4.69, 9.17) is 4.74 Å². The molecule has 1 aromatic rings. The summed E-state index contributed by atoms with van der Waals surface area (Å²) in [6.07, 6.45) is 0.754. The molecule has 106 valence electrons. The molecule has 0 radical (unpaired) electrons. The van der Waals surface area contributed by atoms with Gasteiger partial charge in [-0.3, -0.25) is 9.48 Å². The first-order chi connectivity index (χ1) is 8.95. The number of rotatable bonds is 3. The summed E-state index contributed by atoms with van der Waals surface area (Å²) in [4.78, 5) is 14.1. The predicted molar refractivity (Wildman–Crippen MR) is 72.9 cm³/mol. The molecule has 1 aliphatic rings.